The van der Waals surface area contributed by atoms with E-state index in [9.17, 15) is 9.18 Å². The van der Waals surface area contributed by atoms with E-state index in [4.69, 9.17) is 0 Å². The lowest BCUT2D eigenvalue weighted by atomic mass is 9.91. The second-order valence-corrected chi connectivity index (χ2v) is 9.12. The van der Waals surface area contributed by atoms with Crippen molar-refractivity contribution in [3.63, 3.8) is 0 Å². The van der Waals surface area contributed by atoms with Crippen molar-refractivity contribution in [3.05, 3.63) is 71.5 Å². The summed E-state index contributed by atoms with van der Waals surface area (Å²) < 4.78 is 13.9. The molecule has 166 valence electrons. The Balaban J connectivity index is 1.12. The maximum atomic E-state index is 13.9. The average molecular weight is 424 g/mol. The van der Waals surface area contributed by atoms with Crippen LogP contribution in [0.1, 0.15) is 43.2 Å². The summed E-state index contributed by atoms with van der Waals surface area (Å²) in [5, 5.41) is 3.25. The molecule has 2 aliphatic heterocycles. The number of nitrogens with zero attached hydrogens (tertiary/aromatic N) is 2. The van der Waals surface area contributed by atoms with E-state index in [1.807, 2.05) is 18.2 Å². The molecule has 0 radical (unpaired) electrons. The van der Waals surface area contributed by atoms with Gasteiger partial charge in [0.25, 0.3) is 0 Å². The molecule has 0 aliphatic carbocycles. The van der Waals surface area contributed by atoms with Crippen molar-refractivity contribution < 1.29 is 9.18 Å². The largest absolute Gasteiger partial charge is 0.352 e. The zero-order valence-corrected chi connectivity index (χ0v) is 18.3. The molecular formula is C26H34FN3O. The van der Waals surface area contributed by atoms with E-state index in [1.54, 1.807) is 6.07 Å². The number of halogens is 1. The fourth-order valence-corrected chi connectivity index (χ4v) is 4.87. The Morgan fingerprint density at radius 1 is 0.903 bits per heavy atom. The van der Waals surface area contributed by atoms with Gasteiger partial charge < -0.3 is 5.32 Å². The van der Waals surface area contributed by atoms with Gasteiger partial charge in [0.1, 0.15) is 5.82 Å². The van der Waals surface area contributed by atoms with Crippen molar-refractivity contribution >= 4 is 5.91 Å². The highest BCUT2D eigenvalue weighted by molar-refractivity contribution is 5.76. The second kappa shape index (κ2) is 10.9. The van der Waals surface area contributed by atoms with E-state index in [-0.39, 0.29) is 17.8 Å². The SMILES string of the molecule is O=C(CCC1CCN(Cc2ccccc2F)CC1)N[C@@H]1CCN(Cc2ccccc2)C1. The summed E-state index contributed by atoms with van der Waals surface area (Å²) in [4.78, 5) is 17.2. The molecule has 5 heteroatoms. The number of carbonyl (C=O) groups is 1. The molecule has 0 spiro atoms. The van der Waals surface area contributed by atoms with Crippen molar-refractivity contribution in [3.8, 4) is 0 Å². The third-order valence-electron chi connectivity index (χ3n) is 6.73. The normalized spacial score (nSPS) is 20.7. The van der Waals surface area contributed by atoms with Crippen LogP contribution in [0.3, 0.4) is 0 Å². The highest BCUT2D eigenvalue weighted by atomic mass is 19.1. The number of benzene rings is 2. The lowest BCUT2D eigenvalue weighted by molar-refractivity contribution is -0.122. The van der Waals surface area contributed by atoms with Gasteiger partial charge in [0.05, 0.1) is 0 Å². The zero-order chi connectivity index (χ0) is 21.5. The number of carbonyl (C=O) groups excluding carboxylic acids is 1. The summed E-state index contributed by atoms with van der Waals surface area (Å²) in [7, 11) is 0. The Bertz CT molecular complexity index is 836. The van der Waals surface area contributed by atoms with Crippen LogP contribution in [-0.2, 0) is 17.9 Å². The monoisotopic (exact) mass is 423 g/mol. The maximum Gasteiger partial charge on any atom is 0.220 e. The predicted octanol–water partition coefficient (Wildman–Crippen LogP) is 4.21. The first-order valence-corrected chi connectivity index (χ1v) is 11.7. The van der Waals surface area contributed by atoms with Crippen molar-refractivity contribution in [2.45, 2.75) is 51.2 Å². The molecule has 31 heavy (non-hydrogen) atoms. The summed E-state index contributed by atoms with van der Waals surface area (Å²) in [5.41, 5.74) is 2.11. The van der Waals surface area contributed by atoms with Crippen LogP contribution in [0, 0.1) is 11.7 Å². The van der Waals surface area contributed by atoms with Gasteiger partial charge in [-0.05, 0) is 56.3 Å². The van der Waals surface area contributed by atoms with Gasteiger partial charge >= 0.3 is 0 Å². The van der Waals surface area contributed by atoms with Gasteiger partial charge in [-0.3, -0.25) is 14.6 Å². The summed E-state index contributed by atoms with van der Waals surface area (Å²) >= 11 is 0. The van der Waals surface area contributed by atoms with Gasteiger partial charge in [-0.2, -0.15) is 0 Å². The van der Waals surface area contributed by atoms with Crippen molar-refractivity contribution in [2.75, 3.05) is 26.2 Å². The van der Waals surface area contributed by atoms with Crippen molar-refractivity contribution in [1.29, 1.82) is 0 Å². The van der Waals surface area contributed by atoms with Crippen LogP contribution in [0.2, 0.25) is 0 Å². The molecule has 2 aromatic carbocycles. The molecule has 2 fully saturated rings. The number of rotatable bonds is 8. The van der Waals surface area contributed by atoms with Crippen LogP contribution in [0.4, 0.5) is 4.39 Å². The Hall–Kier alpha value is -2.24. The van der Waals surface area contributed by atoms with E-state index in [1.165, 1.54) is 11.6 Å². The quantitative estimate of drug-likeness (QED) is 0.691. The summed E-state index contributed by atoms with van der Waals surface area (Å²) in [5.74, 6) is 0.677. The first-order chi connectivity index (χ1) is 15.2. The number of piperidine rings is 1. The van der Waals surface area contributed by atoms with Crippen LogP contribution >= 0.6 is 0 Å². The van der Waals surface area contributed by atoms with Crippen LogP contribution in [0.15, 0.2) is 54.6 Å². The Kier molecular flexibility index (Phi) is 7.71. The maximum absolute atomic E-state index is 13.9. The fourth-order valence-electron chi connectivity index (χ4n) is 4.87. The number of hydrogen-bond donors (Lipinski definition) is 1. The Labute approximate surface area is 185 Å². The molecule has 0 unspecified atom stereocenters. The number of likely N-dealkylation sites (tertiary alicyclic amines) is 2. The first-order valence-electron chi connectivity index (χ1n) is 11.7. The zero-order valence-electron chi connectivity index (χ0n) is 18.3. The minimum absolute atomic E-state index is 0.115. The fraction of sp³-hybridized carbons (Fsp3) is 0.500. The molecule has 0 aromatic heterocycles. The summed E-state index contributed by atoms with van der Waals surface area (Å²) in [6, 6.07) is 17.8. The number of amides is 1. The highest BCUT2D eigenvalue weighted by Crippen LogP contribution is 2.24. The Morgan fingerprint density at radius 2 is 1.61 bits per heavy atom. The van der Waals surface area contributed by atoms with Crippen molar-refractivity contribution in [2.24, 2.45) is 5.92 Å². The summed E-state index contributed by atoms with van der Waals surface area (Å²) in [6.07, 6.45) is 4.80. The minimum atomic E-state index is -0.115. The Morgan fingerprint density at radius 3 is 2.39 bits per heavy atom. The molecule has 1 N–H and O–H groups in total. The molecule has 0 bridgehead atoms. The highest BCUT2D eigenvalue weighted by Gasteiger charge is 2.25. The molecule has 1 amide bonds. The van der Waals surface area contributed by atoms with Crippen molar-refractivity contribution in [1.82, 2.24) is 15.1 Å². The average Bonchev–Trinajstić information content (AvgIpc) is 3.22. The molecule has 1 atom stereocenters. The molecular weight excluding hydrogens is 389 g/mol. The molecule has 2 saturated heterocycles. The van der Waals surface area contributed by atoms with Gasteiger partial charge in [0.2, 0.25) is 5.91 Å². The second-order valence-electron chi connectivity index (χ2n) is 9.12. The van der Waals surface area contributed by atoms with Gasteiger partial charge in [-0.15, -0.1) is 0 Å². The van der Waals surface area contributed by atoms with E-state index < -0.39 is 0 Å². The standard InChI is InChI=1S/C26H34FN3O/c27-25-9-5-4-8-23(25)19-29-15-12-21(13-16-29)10-11-26(31)28-24-14-17-30(20-24)18-22-6-2-1-3-7-22/h1-9,21,24H,10-20H2,(H,28,31)/t24-/m1/s1. The topological polar surface area (TPSA) is 35.6 Å². The third kappa shape index (κ3) is 6.62. The predicted molar refractivity (Wildman–Crippen MR) is 122 cm³/mol. The smallest absolute Gasteiger partial charge is 0.220 e. The van der Waals surface area contributed by atoms with E-state index in [0.717, 1.165) is 64.0 Å². The summed E-state index contributed by atoms with van der Waals surface area (Å²) in [6.45, 7) is 5.59. The first kappa shape index (κ1) is 22.0. The van der Waals surface area contributed by atoms with Crippen LogP contribution in [-0.4, -0.2) is 47.9 Å². The number of nitrogens with one attached hydrogen (secondary N) is 1. The molecule has 2 aliphatic rings. The van der Waals surface area contributed by atoms with E-state index in [0.29, 0.717) is 18.9 Å². The van der Waals surface area contributed by atoms with Crippen LogP contribution in [0.25, 0.3) is 0 Å². The molecule has 4 rings (SSSR count). The lowest BCUT2D eigenvalue weighted by Gasteiger charge is -2.32. The van der Waals surface area contributed by atoms with E-state index >= 15 is 0 Å². The van der Waals surface area contributed by atoms with Crippen LogP contribution < -0.4 is 5.32 Å². The molecule has 2 heterocycles. The van der Waals surface area contributed by atoms with Crippen LogP contribution in [0.5, 0.6) is 0 Å². The van der Waals surface area contributed by atoms with E-state index in [2.05, 4.69) is 39.4 Å². The molecule has 2 aromatic rings. The van der Waals surface area contributed by atoms with Gasteiger partial charge in [0, 0.05) is 44.2 Å². The van der Waals surface area contributed by atoms with Gasteiger partial charge in [-0.1, -0.05) is 48.5 Å². The van der Waals surface area contributed by atoms with Gasteiger partial charge in [-0.25, -0.2) is 4.39 Å². The minimum Gasteiger partial charge on any atom is -0.352 e. The lowest BCUT2D eigenvalue weighted by Crippen LogP contribution is -2.37. The molecule has 0 saturated carbocycles. The number of hydrogen-bond acceptors (Lipinski definition) is 3. The molecule has 4 nitrogen and oxygen atoms in total. The third-order valence-corrected chi connectivity index (χ3v) is 6.73. The van der Waals surface area contributed by atoms with Gasteiger partial charge in [0.15, 0.2) is 0 Å².